The van der Waals surface area contributed by atoms with Crippen molar-refractivity contribution in [2.45, 2.75) is 19.9 Å². The van der Waals surface area contributed by atoms with Crippen LogP contribution in [0.4, 0.5) is 0 Å². The van der Waals surface area contributed by atoms with Gasteiger partial charge >= 0.3 is 0 Å². The summed E-state index contributed by atoms with van der Waals surface area (Å²) in [5, 5.41) is 20.8. The lowest BCUT2D eigenvalue weighted by atomic mass is 10.1. The van der Waals surface area contributed by atoms with Crippen molar-refractivity contribution in [3.05, 3.63) is 83.5 Å². The standard InChI is InChI=1S/C12H12O2.C8H9NO2/c1-9-5-8-12(14-9)10-3-2-4-11(13)7-6-10;10-6-9-5-7-2-1-3-8(11)4-7/h2,4-8,13H,3H2,1H3;1-4,6,11H,5H2,(H,9,10). The summed E-state index contributed by atoms with van der Waals surface area (Å²) in [5.41, 5.74) is 1.97. The Morgan fingerprint density at radius 2 is 2.04 bits per heavy atom. The lowest BCUT2D eigenvalue weighted by Crippen LogP contribution is -2.09. The summed E-state index contributed by atoms with van der Waals surface area (Å²) in [6.07, 6.45) is 8.59. The summed E-state index contributed by atoms with van der Waals surface area (Å²) in [6, 6.07) is 10.6. The molecule has 1 aliphatic carbocycles. The number of aliphatic hydroxyl groups excluding tert-OH is 1. The predicted octanol–water partition coefficient (Wildman–Crippen LogP) is 4.01. The van der Waals surface area contributed by atoms with Crippen molar-refractivity contribution < 1.29 is 19.4 Å². The van der Waals surface area contributed by atoms with Crippen LogP contribution in [0.2, 0.25) is 0 Å². The van der Waals surface area contributed by atoms with Crippen molar-refractivity contribution in [2.75, 3.05) is 0 Å². The summed E-state index contributed by atoms with van der Waals surface area (Å²) in [4.78, 5) is 9.89. The van der Waals surface area contributed by atoms with Crippen LogP contribution in [0.1, 0.15) is 23.5 Å². The lowest BCUT2D eigenvalue weighted by Gasteiger charge is -1.98. The average Bonchev–Trinajstić information content (AvgIpc) is 2.91. The number of rotatable bonds is 4. The minimum Gasteiger partial charge on any atom is -0.508 e. The van der Waals surface area contributed by atoms with Crippen LogP contribution in [0.15, 0.2) is 70.9 Å². The Balaban J connectivity index is 0.000000186. The number of carbonyl (C=O) groups excluding carboxylic acids is 1. The number of hydrogen-bond acceptors (Lipinski definition) is 4. The quantitative estimate of drug-likeness (QED) is 0.735. The van der Waals surface area contributed by atoms with E-state index in [1.165, 1.54) is 0 Å². The Kier molecular flexibility index (Phi) is 6.65. The number of phenols is 1. The summed E-state index contributed by atoms with van der Waals surface area (Å²) < 4.78 is 5.50. The normalized spacial score (nSPS) is 13.0. The Bertz CT molecular complexity index is 800. The Morgan fingerprint density at radius 1 is 1.20 bits per heavy atom. The first-order valence-electron chi connectivity index (χ1n) is 7.86. The number of aromatic hydroxyl groups is 1. The van der Waals surface area contributed by atoms with Gasteiger partial charge in [0.2, 0.25) is 6.41 Å². The maximum Gasteiger partial charge on any atom is 0.207 e. The third-order valence-electron chi connectivity index (χ3n) is 3.44. The van der Waals surface area contributed by atoms with E-state index in [2.05, 4.69) is 5.32 Å². The molecule has 1 aromatic heterocycles. The van der Waals surface area contributed by atoms with Gasteiger partial charge in [-0.15, -0.1) is 0 Å². The number of hydrogen-bond donors (Lipinski definition) is 3. The van der Waals surface area contributed by atoms with E-state index in [0.29, 0.717) is 13.0 Å². The second kappa shape index (κ2) is 9.17. The molecule has 3 N–H and O–H groups in total. The number of benzene rings is 1. The Labute approximate surface area is 146 Å². The highest BCUT2D eigenvalue weighted by Crippen LogP contribution is 2.23. The zero-order valence-corrected chi connectivity index (χ0v) is 14.0. The Hall–Kier alpha value is -3.21. The highest BCUT2D eigenvalue weighted by Gasteiger charge is 2.05. The molecule has 0 saturated heterocycles. The zero-order chi connectivity index (χ0) is 18.1. The molecular weight excluding hydrogens is 318 g/mol. The third-order valence-corrected chi connectivity index (χ3v) is 3.44. The summed E-state index contributed by atoms with van der Waals surface area (Å²) in [7, 11) is 0. The first-order chi connectivity index (χ1) is 12.1. The van der Waals surface area contributed by atoms with Crippen LogP contribution in [0.25, 0.3) is 5.57 Å². The van der Waals surface area contributed by atoms with E-state index >= 15 is 0 Å². The van der Waals surface area contributed by atoms with E-state index < -0.39 is 0 Å². The van der Waals surface area contributed by atoms with E-state index in [4.69, 9.17) is 9.52 Å². The van der Waals surface area contributed by atoms with Crippen LogP contribution in [-0.2, 0) is 11.3 Å². The van der Waals surface area contributed by atoms with Gasteiger partial charge in [0.15, 0.2) is 0 Å². The molecule has 0 atom stereocenters. The molecule has 5 nitrogen and oxygen atoms in total. The SMILES string of the molecule is Cc1ccc(C2=CC=C(O)C=CC2)o1.O=CNCc1cccc(O)c1. The number of phenolic OH excluding ortho intramolecular Hbond substituents is 1. The highest BCUT2D eigenvalue weighted by molar-refractivity contribution is 5.65. The minimum atomic E-state index is 0.218. The molecule has 25 heavy (non-hydrogen) atoms. The van der Waals surface area contributed by atoms with Gasteiger partial charge in [0.05, 0.1) is 0 Å². The molecule has 0 aliphatic heterocycles. The second-order valence-corrected chi connectivity index (χ2v) is 5.47. The molecule has 5 heteroatoms. The van der Waals surface area contributed by atoms with Gasteiger partial charge in [-0.25, -0.2) is 0 Å². The molecule has 1 aliphatic rings. The van der Waals surface area contributed by atoms with Crippen molar-refractivity contribution in [2.24, 2.45) is 0 Å². The van der Waals surface area contributed by atoms with Gasteiger partial charge in [-0.05, 0) is 60.9 Å². The fourth-order valence-corrected chi connectivity index (χ4v) is 2.23. The third kappa shape index (κ3) is 6.06. The number of carbonyl (C=O) groups is 1. The number of allylic oxidation sites excluding steroid dienone is 5. The summed E-state index contributed by atoms with van der Waals surface area (Å²) >= 11 is 0. The maximum absolute atomic E-state index is 9.89. The van der Waals surface area contributed by atoms with E-state index in [0.717, 1.165) is 29.1 Å². The van der Waals surface area contributed by atoms with Crippen molar-refractivity contribution in [3.8, 4) is 5.75 Å². The Morgan fingerprint density at radius 3 is 2.72 bits per heavy atom. The minimum absolute atomic E-state index is 0.218. The molecular formula is C20H21NO4. The molecule has 0 bridgehead atoms. The number of amides is 1. The van der Waals surface area contributed by atoms with Crippen LogP contribution in [0.3, 0.4) is 0 Å². The largest absolute Gasteiger partial charge is 0.508 e. The van der Waals surface area contributed by atoms with E-state index in [1.54, 1.807) is 30.4 Å². The molecule has 0 unspecified atom stereocenters. The fourth-order valence-electron chi connectivity index (χ4n) is 2.23. The first kappa shape index (κ1) is 18.1. The summed E-state index contributed by atoms with van der Waals surface area (Å²) in [6.45, 7) is 2.38. The van der Waals surface area contributed by atoms with Crippen LogP contribution >= 0.6 is 0 Å². The number of furan rings is 1. The molecule has 3 rings (SSSR count). The van der Waals surface area contributed by atoms with Crippen LogP contribution in [0, 0.1) is 6.92 Å². The van der Waals surface area contributed by atoms with Gasteiger partial charge in [0, 0.05) is 6.54 Å². The van der Waals surface area contributed by atoms with Crippen molar-refractivity contribution >= 4 is 12.0 Å². The lowest BCUT2D eigenvalue weighted by molar-refractivity contribution is -0.109. The molecule has 1 heterocycles. The van der Waals surface area contributed by atoms with Crippen LogP contribution < -0.4 is 5.32 Å². The van der Waals surface area contributed by atoms with E-state index in [1.807, 2.05) is 37.3 Å². The van der Waals surface area contributed by atoms with Gasteiger partial charge < -0.3 is 19.9 Å². The molecule has 2 aromatic rings. The highest BCUT2D eigenvalue weighted by atomic mass is 16.3. The zero-order valence-electron chi connectivity index (χ0n) is 14.0. The first-order valence-corrected chi connectivity index (χ1v) is 7.86. The van der Waals surface area contributed by atoms with E-state index in [-0.39, 0.29) is 11.5 Å². The van der Waals surface area contributed by atoms with Gasteiger partial charge in [-0.3, -0.25) is 4.79 Å². The van der Waals surface area contributed by atoms with Crippen molar-refractivity contribution in [1.29, 1.82) is 0 Å². The number of aliphatic hydroxyl groups is 1. The topological polar surface area (TPSA) is 82.7 Å². The molecule has 1 amide bonds. The maximum atomic E-state index is 9.89. The molecule has 1 aromatic carbocycles. The van der Waals surface area contributed by atoms with Crippen LogP contribution in [0.5, 0.6) is 5.75 Å². The monoisotopic (exact) mass is 339 g/mol. The molecule has 0 fully saturated rings. The van der Waals surface area contributed by atoms with E-state index in [9.17, 15) is 9.90 Å². The van der Waals surface area contributed by atoms with Gasteiger partial charge in [-0.1, -0.05) is 24.3 Å². The van der Waals surface area contributed by atoms with Crippen molar-refractivity contribution in [1.82, 2.24) is 5.32 Å². The number of aryl methyl sites for hydroxylation is 1. The van der Waals surface area contributed by atoms with Gasteiger partial charge in [0.25, 0.3) is 0 Å². The second-order valence-electron chi connectivity index (χ2n) is 5.47. The molecule has 0 spiro atoms. The van der Waals surface area contributed by atoms with Crippen molar-refractivity contribution in [3.63, 3.8) is 0 Å². The average molecular weight is 339 g/mol. The van der Waals surface area contributed by atoms with Crippen LogP contribution in [-0.4, -0.2) is 16.6 Å². The molecule has 130 valence electrons. The smallest absolute Gasteiger partial charge is 0.207 e. The van der Waals surface area contributed by atoms with Gasteiger partial charge in [-0.2, -0.15) is 0 Å². The summed E-state index contributed by atoms with van der Waals surface area (Å²) in [5.74, 6) is 2.28. The fraction of sp³-hybridized carbons (Fsp3) is 0.150. The predicted molar refractivity (Wildman–Crippen MR) is 96.9 cm³/mol. The van der Waals surface area contributed by atoms with Gasteiger partial charge in [0.1, 0.15) is 23.0 Å². The number of nitrogens with one attached hydrogen (secondary N) is 1. The molecule has 0 radical (unpaired) electrons. The molecule has 0 saturated carbocycles.